The number of fused-ring (bicyclic) bond motifs is 6. The van der Waals surface area contributed by atoms with Crippen LogP contribution in [0.1, 0.15) is 34.6 Å². The van der Waals surface area contributed by atoms with Crippen LogP contribution in [-0.4, -0.2) is 43.9 Å². The van der Waals surface area contributed by atoms with Crippen molar-refractivity contribution in [2.45, 2.75) is 13.8 Å². The summed E-state index contributed by atoms with van der Waals surface area (Å²) in [7, 11) is 0. The van der Waals surface area contributed by atoms with E-state index in [4.69, 9.17) is 21.1 Å². The Labute approximate surface area is 221 Å². The average molecular weight is 531 g/mol. The van der Waals surface area contributed by atoms with Crippen molar-refractivity contribution in [1.82, 2.24) is 18.8 Å². The van der Waals surface area contributed by atoms with E-state index in [2.05, 4.69) is 9.97 Å². The van der Waals surface area contributed by atoms with Gasteiger partial charge in [-0.2, -0.15) is 0 Å². The number of nitrogens with one attached hydrogen (secondary N) is 1. The van der Waals surface area contributed by atoms with Gasteiger partial charge in [0.05, 0.1) is 51.9 Å². The minimum Gasteiger partial charge on any atom is -0.462 e. The predicted octanol–water partition coefficient (Wildman–Crippen LogP) is 5.28. The Bertz CT molecular complexity index is 1890. The highest BCUT2D eigenvalue weighted by Gasteiger charge is 2.12. The normalized spacial score (nSPS) is 11.0. The Hall–Kier alpha value is -4.63. The van der Waals surface area contributed by atoms with Gasteiger partial charge in [-0.15, -0.1) is 0 Å². The molecule has 192 valence electrons. The standard InChI is InChI=1S/C14H11ClN2O2.C14H12N2O3/c1-2-19-14(18)9-5-6-11-10(8-9)16-13(15)12-4-3-7-17(11)12;1-2-19-14(18)9-5-6-11-10(8-9)15-13(17)12-4-3-7-16(11)12/h3-8H,2H2,1H3;3-8H,2H2,1H3,(H,15,17). The third-order valence-corrected chi connectivity index (χ3v) is 6.20. The first-order chi connectivity index (χ1) is 18.4. The van der Waals surface area contributed by atoms with E-state index in [9.17, 15) is 14.4 Å². The molecule has 6 aromatic rings. The van der Waals surface area contributed by atoms with E-state index in [1.54, 1.807) is 54.6 Å². The van der Waals surface area contributed by atoms with Crippen LogP contribution in [0.3, 0.4) is 0 Å². The number of halogens is 1. The summed E-state index contributed by atoms with van der Waals surface area (Å²) >= 11 is 6.12. The summed E-state index contributed by atoms with van der Waals surface area (Å²) in [5.74, 6) is -0.743. The third kappa shape index (κ3) is 4.59. The number of esters is 2. The van der Waals surface area contributed by atoms with Crippen molar-refractivity contribution >= 4 is 56.6 Å². The van der Waals surface area contributed by atoms with Gasteiger partial charge in [-0.3, -0.25) is 4.79 Å². The summed E-state index contributed by atoms with van der Waals surface area (Å²) in [6.45, 7) is 4.20. The number of aromatic nitrogens is 4. The van der Waals surface area contributed by atoms with Crippen LogP contribution >= 0.6 is 11.6 Å². The van der Waals surface area contributed by atoms with Gasteiger partial charge in [-0.25, -0.2) is 14.6 Å². The summed E-state index contributed by atoms with van der Waals surface area (Å²) in [5.41, 5.74) is 5.16. The number of carbonyl (C=O) groups is 2. The van der Waals surface area contributed by atoms with Gasteiger partial charge < -0.3 is 23.3 Å². The zero-order chi connectivity index (χ0) is 26.8. The first-order valence-electron chi connectivity index (χ1n) is 11.9. The molecule has 0 unspecified atom stereocenters. The van der Waals surface area contributed by atoms with Crippen LogP contribution in [-0.2, 0) is 9.47 Å². The molecule has 0 bridgehead atoms. The van der Waals surface area contributed by atoms with Crippen LogP contribution in [0.4, 0.5) is 0 Å². The Morgan fingerprint density at radius 2 is 1.39 bits per heavy atom. The van der Waals surface area contributed by atoms with Crippen molar-refractivity contribution in [3.05, 3.63) is 99.7 Å². The number of ether oxygens (including phenoxy) is 2. The van der Waals surface area contributed by atoms with Gasteiger partial charge in [0.1, 0.15) is 5.52 Å². The molecule has 2 aromatic carbocycles. The molecule has 4 heterocycles. The van der Waals surface area contributed by atoms with Crippen LogP contribution in [0.25, 0.3) is 33.1 Å². The lowest BCUT2D eigenvalue weighted by atomic mass is 10.2. The van der Waals surface area contributed by atoms with E-state index < -0.39 is 5.97 Å². The Balaban J connectivity index is 0.000000155. The molecule has 0 saturated carbocycles. The third-order valence-electron chi connectivity index (χ3n) is 5.92. The largest absolute Gasteiger partial charge is 0.462 e. The fourth-order valence-corrected chi connectivity index (χ4v) is 4.48. The highest BCUT2D eigenvalue weighted by molar-refractivity contribution is 6.33. The molecule has 0 fully saturated rings. The molecule has 0 atom stereocenters. The van der Waals surface area contributed by atoms with E-state index in [-0.39, 0.29) is 11.5 Å². The number of hydrogen-bond acceptors (Lipinski definition) is 6. The molecule has 4 aromatic heterocycles. The number of aromatic amines is 1. The maximum atomic E-state index is 11.9. The minimum absolute atomic E-state index is 0.182. The lowest BCUT2D eigenvalue weighted by molar-refractivity contribution is 0.0517. The van der Waals surface area contributed by atoms with E-state index in [1.807, 2.05) is 41.1 Å². The van der Waals surface area contributed by atoms with Crippen LogP contribution < -0.4 is 5.56 Å². The van der Waals surface area contributed by atoms with Crippen molar-refractivity contribution in [2.24, 2.45) is 0 Å². The molecule has 10 heteroatoms. The second-order valence-electron chi connectivity index (χ2n) is 8.26. The smallest absolute Gasteiger partial charge is 0.338 e. The maximum Gasteiger partial charge on any atom is 0.338 e. The van der Waals surface area contributed by atoms with Gasteiger partial charge in [0.25, 0.3) is 5.56 Å². The number of nitrogens with zero attached hydrogens (tertiary/aromatic N) is 3. The molecule has 0 spiro atoms. The van der Waals surface area contributed by atoms with E-state index in [1.165, 1.54) is 0 Å². The number of carbonyl (C=O) groups excluding carboxylic acids is 2. The average Bonchev–Trinajstić information content (AvgIpc) is 3.60. The summed E-state index contributed by atoms with van der Waals surface area (Å²) in [4.78, 5) is 42.3. The Kier molecular flexibility index (Phi) is 6.85. The lowest BCUT2D eigenvalue weighted by Gasteiger charge is -2.06. The summed E-state index contributed by atoms with van der Waals surface area (Å²) in [5, 5.41) is 0.415. The number of hydrogen-bond donors (Lipinski definition) is 1. The highest BCUT2D eigenvalue weighted by Crippen LogP contribution is 2.23. The second kappa shape index (κ2) is 10.4. The molecule has 38 heavy (non-hydrogen) atoms. The van der Waals surface area contributed by atoms with Crippen LogP contribution in [0.2, 0.25) is 5.15 Å². The molecule has 6 rings (SSSR count). The van der Waals surface area contributed by atoms with Gasteiger partial charge in [0.2, 0.25) is 0 Å². The predicted molar refractivity (Wildman–Crippen MR) is 145 cm³/mol. The molecule has 0 saturated heterocycles. The molecule has 0 radical (unpaired) electrons. The molecular weight excluding hydrogens is 508 g/mol. The first-order valence-corrected chi connectivity index (χ1v) is 12.3. The number of rotatable bonds is 4. The van der Waals surface area contributed by atoms with Gasteiger partial charge in [0.15, 0.2) is 5.15 Å². The quantitative estimate of drug-likeness (QED) is 0.311. The highest BCUT2D eigenvalue weighted by atomic mass is 35.5. The zero-order valence-electron chi connectivity index (χ0n) is 20.6. The van der Waals surface area contributed by atoms with E-state index in [0.29, 0.717) is 46.0 Å². The topological polar surface area (TPSA) is 107 Å². The monoisotopic (exact) mass is 530 g/mol. The number of benzene rings is 2. The fraction of sp³-hybridized carbons (Fsp3) is 0.143. The van der Waals surface area contributed by atoms with Gasteiger partial charge >= 0.3 is 11.9 Å². The van der Waals surface area contributed by atoms with E-state index in [0.717, 1.165) is 16.6 Å². The molecule has 0 aliphatic rings. The van der Waals surface area contributed by atoms with Crippen LogP contribution in [0.15, 0.2) is 77.9 Å². The Morgan fingerprint density at radius 3 is 2.05 bits per heavy atom. The second-order valence-corrected chi connectivity index (χ2v) is 8.62. The number of H-pyrrole nitrogens is 1. The van der Waals surface area contributed by atoms with Crippen molar-refractivity contribution in [3.63, 3.8) is 0 Å². The maximum absolute atomic E-state index is 11.9. The zero-order valence-corrected chi connectivity index (χ0v) is 21.4. The van der Waals surface area contributed by atoms with Gasteiger partial charge in [-0.05, 0) is 74.5 Å². The van der Waals surface area contributed by atoms with Crippen molar-refractivity contribution in [2.75, 3.05) is 13.2 Å². The van der Waals surface area contributed by atoms with Crippen LogP contribution in [0, 0.1) is 0 Å². The molecular formula is C28H23ClN4O5. The SMILES string of the molecule is CCOC(=O)c1ccc2c(c1)[nH]c(=O)c1cccn12.CCOC(=O)c1ccc2c(c1)nc(Cl)c1cccn12. The molecule has 9 nitrogen and oxygen atoms in total. The van der Waals surface area contributed by atoms with Crippen molar-refractivity contribution in [3.8, 4) is 0 Å². The van der Waals surface area contributed by atoms with E-state index >= 15 is 0 Å². The first kappa shape index (κ1) is 25.0. The minimum atomic E-state index is -0.391. The summed E-state index contributed by atoms with van der Waals surface area (Å²) < 4.78 is 13.7. The molecule has 0 aliphatic heterocycles. The molecule has 1 N–H and O–H groups in total. The summed E-state index contributed by atoms with van der Waals surface area (Å²) in [6.07, 6.45) is 3.73. The molecule has 0 amide bonds. The van der Waals surface area contributed by atoms with Gasteiger partial charge in [-0.1, -0.05) is 11.6 Å². The fourth-order valence-electron chi connectivity index (χ4n) is 4.23. The van der Waals surface area contributed by atoms with Gasteiger partial charge in [0, 0.05) is 12.4 Å². The summed E-state index contributed by atoms with van der Waals surface area (Å²) in [6, 6.07) is 17.7. The van der Waals surface area contributed by atoms with Crippen molar-refractivity contribution < 1.29 is 19.1 Å². The Morgan fingerprint density at radius 1 is 0.816 bits per heavy atom. The lowest BCUT2D eigenvalue weighted by Crippen LogP contribution is -2.11. The van der Waals surface area contributed by atoms with Crippen LogP contribution in [0.5, 0.6) is 0 Å². The molecule has 0 aliphatic carbocycles. The van der Waals surface area contributed by atoms with Crippen molar-refractivity contribution in [1.29, 1.82) is 0 Å².